The Morgan fingerprint density at radius 2 is 1.88 bits per heavy atom. The van der Waals surface area contributed by atoms with Crippen LogP contribution in [-0.2, 0) is 26.8 Å². The number of carbonyl (C=O) groups excluding carboxylic acids is 1. The molecule has 6 nitrogen and oxygen atoms in total. The summed E-state index contributed by atoms with van der Waals surface area (Å²) in [7, 11) is -1.32. The van der Waals surface area contributed by atoms with Crippen LogP contribution in [0.25, 0.3) is 10.9 Å². The van der Waals surface area contributed by atoms with Gasteiger partial charge in [0.15, 0.2) is 0 Å². The van der Waals surface area contributed by atoms with E-state index in [2.05, 4.69) is 4.57 Å². The summed E-state index contributed by atoms with van der Waals surface area (Å²) in [6, 6.07) is 15.5. The number of nitrogens with two attached hydrogens (primary N) is 1. The average molecular weight is 372 g/mol. The van der Waals surface area contributed by atoms with Gasteiger partial charge in [0.1, 0.15) is 5.75 Å². The van der Waals surface area contributed by atoms with Gasteiger partial charge in [-0.2, -0.15) is 0 Å². The number of nitrogens with zero attached hydrogens (tertiary/aromatic N) is 1. The van der Waals surface area contributed by atoms with Gasteiger partial charge in [-0.25, -0.2) is 4.57 Å². The standard InChI is InChI=1S/C19H21N2O4P/c1-13-15(11-18(20)22)19-16(9-6-10-17(19)25-26(23)24-2)21(13)12-14-7-4-3-5-8-14/h3-10,26H,11-12H2,1-2H3,(H2,20,22). The fourth-order valence-corrected chi connectivity index (χ4v) is 3.58. The van der Waals surface area contributed by atoms with Crippen LogP contribution in [-0.4, -0.2) is 17.6 Å². The van der Waals surface area contributed by atoms with E-state index in [4.69, 9.17) is 14.8 Å². The van der Waals surface area contributed by atoms with Gasteiger partial charge in [-0.3, -0.25) is 4.79 Å². The van der Waals surface area contributed by atoms with E-state index in [-0.39, 0.29) is 6.42 Å². The van der Waals surface area contributed by atoms with Crippen molar-refractivity contribution in [1.82, 2.24) is 4.57 Å². The lowest BCUT2D eigenvalue weighted by molar-refractivity contribution is -0.117. The van der Waals surface area contributed by atoms with Gasteiger partial charge in [0.05, 0.1) is 11.9 Å². The van der Waals surface area contributed by atoms with E-state index in [1.165, 1.54) is 7.11 Å². The molecular formula is C19H21N2O4P. The molecule has 2 aromatic carbocycles. The number of primary amides is 1. The molecule has 0 radical (unpaired) electrons. The average Bonchev–Trinajstić information content (AvgIpc) is 2.88. The highest BCUT2D eigenvalue weighted by atomic mass is 31.1. The van der Waals surface area contributed by atoms with Crippen LogP contribution < -0.4 is 10.3 Å². The number of amides is 1. The highest BCUT2D eigenvalue weighted by Crippen LogP contribution is 2.38. The normalized spacial score (nSPS) is 12.2. The maximum atomic E-state index is 11.8. The van der Waals surface area contributed by atoms with Crippen molar-refractivity contribution in [2.45, 2.75) is 19.9 Å². The molecule has 0 bridgehead atoms. The maximum Gasteiger partial charge on any atom is 0.367 e. The van der Waals surface area contributed by atoms with Crippen LogP contribution in [0, 0.1) is 6.92 Å². The van der Waals surface area contributed by atoms with Gasteiger partial charge in [-0.15, -0.1) is 0 Å². The van der Waals surface area contributed by atoms with Crippen molar-refractivity contribution in [2.24, 2.45) is 5.73 Å². The first-order valence-corrected chi connectivity index (χ1v) is 9.42. The van der Waals surface area contributed by atoms with Gasteiger partial charge >= 0.3 is 8.25 Å². The molecule has 0 aliphatic carbocycles. The number of hydrogen-bond acceptors (Lipinski definition) is 4. The molecule has 7 heteroatoms. The number of fused-ring (bicyclic) bond motifs is 1. The molecule has 0 aliphatic heterocycles. The van der Waals surface area contributed by atoms with Gasteiger partial charge in [0, 0.05) is 24.7 Å². The minimum Gasteiger partial charge on any atom is -0.425 e. The molecule has 3 rings (SSSR count). The first-order valence-electron chi connectivity index (χ1n) is 8.20. The molecule has 0 spiro atoms. The smallest absolute Gasteiger partial charge is 0.367 e. The van der Waals surface area contributed by atoms with Crippen LogP contribution >= 0.6 is 8.25 Å². The van der Waals surface area contributed by atoms with Gasteiger partial charge in [-0.1, -0.05) is 36.4 Å². The second kappa shape index (κ2) is 7.77. The Balaban J connectivity index is 2.19. The van der Waals surface area contributed by atoms with Crippen molar-refractivity contribution >= 4 is 25.1 Å². The number of carbonyl (C=O) groups is 1. The summed E-state index contributed by atoms with van der Waals surface area (Å²) in [5.41, 5.74) is 9.19. The summed E-state index contributed by atoms with van der Waals surface area (Å²) >= 11 is 0. The number of rotatable bonds is 7. The topological polar surface area (TPSA) is 83.6 Å². The van der Waals surface area contributed by atoms with Crippen LogP contribution in [0.5, 0.6) is 5.75 Å². The summed E-state index contributed by atoms with van der Waals surface area (Å²) in [4.78, 5) is 11.6. The fraction of sp³-hybridized carbons (Fsp3) is 0.211. The Hall–Kier alpha value is -2.56. The summed E-state index contributed by atoms with van der Waals surface area (Å²) in [6.45, 7) is 2.59. The highest BCUT2D eigenvalue weighted by molar-refractivity contribution is 7.33. The quantitative estimate of drug-likeness (QED) is 0.644. The maximum absolute atomic E-state index is 11.8. The largest absolute Gasteiger partial charge is 0.425 e. The third-order valence-electron chi connectivity index (χ3n) is 4.33. The molecule has 2 N–H and O–H groups in total. The van der Waals surface area contributed by atoms with Crippen molar-refractivity contribution in [3.8, 4) is 5.75 Å². The van der Waals surface area contributed by atoms with Crippen LogP contribution in [0.2, 0.25) is 0 Å². The third kappa shape index (κ3) is 3.66. The van der Waals surface area contributed by atoms with Crippen molar-refractivity contribution in [3.63, 3.8) is 0 Å². The van der Waals surface area contributed by atoms with E-state index < -0.39 is 14.2 Å². The zero-order valence-electron chi connectivity index (χ0n) is 14.7. The van der Waals surface area contributed by atoms with Crippen LogP contribution in [0.15, 0.2) is 48.5 Å². The predicted octanol–water partition coefficient (Wildman–Crippen LogP) is 3.44. The van der Waals surface area contributed by atoms with E-state index in [1.807, 2.05) is 49.4 Å². The molecule has 1 unspecified atom stereocenters. The highest BCUT2D eigenvalue weighted by Gasteiger charge is 2.20. The number of benzene rings is 2. The molecule has 1 aromatic heterocycles. The van der Waals surface area contributed by atoms with Crippen molar-refractivity contribution in [2.75, 3.05) is 7.11 Å². The Kier molecular flexibility index (Phi) is 5.45. The molecule has 1 amide bonds. The fourth-order valence-electron chi connectivity index (χ4n) is 3.15. The molecule has 26 heavy (non-hydrogen) atoms. The van der Waals surface area contributed by atoms with Gasteiger partial charge in [0.2, 0.25) is 5.91 Å². The van der Waals surface area contributed by atoms with E-state index in [0.717, 1.165) is 27.7 Å². The molecule has 0 aliphatic rings. The first kappa shape index (κ1) is 18.2. The Bertz CT molecular complexity index is 967. The monoisotopic (exact) mass is 372 g/mol. The SMILES string of the molecule is CO[PH](=O)Oc1cccc2c1c(CC(N)=O)c(C)n2Cc1ccccc1. The van der Waals surface area contributed by atoms with E-state index in [0.29, 0.717) is 12.3 Å². The minimum absolute atomic E-state index is 0.0818. The Labute approximate surface area is 152 Å². The molecule has 1 atom stereocenters. The lowest BCUT2D eigenvalue weighted by Gasteiger charge is -2.09. The van der Waals surface area contributed by atoms with Crippen molar-refractivity contribution < 1.29 is 18.4 Å². The van der Waals surface area contributed by atoms with Crippen LogP contribution in [0.4, 0.5) is 0 Å². The molecule has 1 heterocycles. The van der Waals surface area contributed by atoms with Gasteiger partial charge < -0.3 is 19.3 Å². The van der Waals surface area contributed by atoms with E-state index in [9.17, 15) is 9.36 Å². The molecule has 0 fully saturated rings. The molecule has 136 valence electrons. The summed E-state index contributed by atoms with van der Waals surface area (Å²) < 4.78 is 24.2. The summed E-state index contributed by atoms with van der Waals surface area (Å²) in [5, 5.41) is 0.745. The molecular weight excluding hydrogens is 351 g/mol. The third-order valence-corrected chi connectivity index (χ3v) is 5.05. The Morgan fingerprint density at radius 3 is 2.54 bits per heavy atom. The lowest BCUT2D eigenvalue weighted by atomic mass is 10.1. The molecule has 0 saturated carbocycles. The lowest BCUT2D eigenvalue weighted by Crippen LogP contribution is -2.14. The number of aromatic nitrogens is 1. The van der Waals surface area contributed by atoms with Gasteiger partial charge in [-0.05, 0) is 30.2 Å². The first-order chi connectivity index (χ1) is 12.5. The summed E-state index contributed by atoms with van der Waals surface area (Å²) in [6.07, 6.45) is 0.0818. The van der Waals surface area contributed by atoms with Gasteiger partial charge in [0.25, 0.3) is 0 Å². The Morgan fingerprint density at radius 1 is 1.15 bits per heavy atom. The van der Waals surface area contributed by atoms with E-state index in [1.54, 1.807) is 6.07 Å². The zero-order valence-corrected chi connectivity index (χ0v) is 15.7. The molecule has 3 aromatic rings. The van der Waals surface area contributed by atoms with Crippen LogP contribution in [0.3, 0.4) is 0 Å². The summed E-state index contributed by atoms with van der Waals surface area (Å²) in [5.74, 6) is 0.000425. The number of hydrogen-bond donors (Lipinski definition) is 1. The van der Waals surface area contributed by atoms with Crippen molar-refractivity contribution in [1.29, 1.82) is 0 Å². The van der Waals surface area contributed by atoms with E-state index >= 15 is 0 Å². The second-order valence-electron chi connectivity index (χ2n) is 5.99. The zero-order chi connectivity index (χ0) is 18.7. The van der Waals surface area contributed by atoms with Crippen LogP contribution in [0.1, 0.15) is 16.8 Å². The van der Waals surface area contributed by atoms with Crippen molar-refractivity contribution in [3.05, 3.63) is 65.4 Å². The minimum atomic E-state index is -2.65. The molecule has 0 saturated heterocycles. The predicted molar refractivity (Wildman–Crippen MR) is 102 cm³/mol. The second-order valence-corrected chi connectivity index (χ2v) is 7.10.